The largest absolute Gasteiger partial charge is 0.497 e. The number of anilines is 1. The van der Waals surface area contributed by atoms with Gasteiger partial charge in [-0.05, 0) is 49.8 Å². The molecule has 2 aliphatic heterocycles. The summed E-state index contributed by atoms with van der Waals surface area (Å²) in [7, 11) is 1.61. The maximum absolute atomic E-state index is 13.2. The molecule has 0 spiro atoms. The number of hydrogen-bond acceptors (Lipinski definition) is 6. The lowest BCUT2D eigenvalue weighted by Crippen LogP contribution is -2.45. The molecule has 1 aliphatic carbocycles. The van der Waals surface area contributed by atoms with Gasteiger partial charge in [-0.1, -0.05) is 12.1 Å². The second-order valence-corrected chi connectivity index (χ2v) is 9.84. The number of carbonyl (C=O) groups excluding carboxylic acids is 3. The van der Waals surface area contributed by atoms with Crippen molar-refractivity contribution in [1.29, 1.82) is 0 Å². The van der Waals surface area contributed by atoms with Crippen LogP contribution in [0.25, 0.3) is 0 Å². The van der Waals surface area contributed by atoms with Crippen molar-refractivity contribution < 1.29 is 23.9 Å². The van der Waals surface area contributed by atoms with E-state index >= 15 is 0 Å². The lowest BCUT2D eigenvalue weighted by Gasteiger charge is -2.27. The predicted octanol–water partition coefficient (Wildman–Crippen LogP) is 2.19. The highest BCUT2D eigenvalue weighted by molar-refractivity contribution is 5.98. The van der Waals surface area contributed by atoms with E-state index in [4.69, 9.17) is 9.47 Å². The molecule has 0 bridgehead atoms. The SMILES string of the molecule is COc1ccc(CNC(=O)CCC(=O)N2[C@@H]3C[C@@H]3C[C@H]2C(=O)Nc2cnn([C@@H]3CCOC3)c2C)cc1. The molecule has 192 valence electrons. The van der Waals surface area contributed by atoms with Gasteiger partial charge in [0.1, 0.15) is 11.8 Å². The second kappa shape index (κ2) is 10.3. The summed E-state index contributed by atoms with van der Waals surface area (Å²) in [6.45, 7) is 3.65. The minimum atomic E-state index is -0.513. The molecule has 3 amide bonds. The van der Waals surface area contributed by atoms with Crippen molar-refractivity contribution in [3.63, 3.8) is 0 Å². The van der Waals surface area contributed by atoms with Crippen molar-refractivity contribution >= 4 is 23.4 Å². The van der Waals surface area contributed by atoms with Gasteiger partial charge in [0.2, 0.25) is 17.7 Å². The van der Waals surface area contributed by atoms with Crippen molar-refractivity contribution in [2.24, 2.45) is 5.92 Å². The van der Waals surface area contributed by atoms with Gasteiger partial charge < -0.3 is 25.0 Å². The highest BCUT2D eigenvalue weighted by Crippen LogP contribution is 2.48. The Morgan fingerprint density at radius 3 is 2.69 bits per heavy atom. The number of piperidine rings is 1. The lowest BCUT2D eigenvalue weighted by atomic mass is 10.1. The zero-order valence-corrected chi connectivity index (χ0v) is 20.7. The minimum absolute atomic E-state index is 0.0834. The molecule has 0 radical (unpaired) electrons. The molecule has 3 fully saturated rings. The van der Waals surface area contributed by atoms with Crippen LogP contribution >= 0.6 is 0 Å². The molecule has 4 atom stereocenters. The summed E-state index contributed by atoms with van der Waals surface area (Å²) in [6.07, 6.45) is 4.33. The van der Waals surface area contributed by atoms with E-state index in [0.717, 1.165) is 29.8 Å². The first-order valence-corrected chi connectivity index (χ1v) is 12.6. The van der Waals surface area contributed by atoms with Crippen molar-refractivity contribution in [2.45, 2.75) is 63.7 Å². The first kappa shape index (κ1) is 24.3. The number of amides is 3. The molecule has 1 aromatic heterocycles. The van der Waals surface area contributed by atoms with Crippen molar-refractivity contribution in [1.82, 2.24) is 20.0 Å². The molecule has 5 rings (SSSR count). The average Bonchev–Trinajstić information content (AvgIpc) is 3.23. The van der Waals surface area contributed by atoms with E-state index in [0.29, 0.717) is 37.8 Å². The third kappa shape index (κ3) is 5.09. The van der Waals surface area contributed by atoms with Crippen molar-refractivity contribution in [3.8, 4) is 5.75 Å². The fraction of sp³-hybridized carbons (Fsp3) is 0.538. The summed E-state index contributed by atoms with van der Waals surface area (Å²) in [5, 5.41) is 10.3. The Morgan fingerprint density at radius 1 is 1.17 bits per heavy atom. The Balaban J connectivity index is 1.13. The van der Waals surface area contributed by atoms with Gasteiger partial charge in [0.05, 0.1) is 37.3 Å². The third-order valence-electron chi connectivity index (χ3n) is 7.46. The molecule has 3 heterocycles. The van der Waals surface area contributed by atoms with Crippen LogP contribution in [0.4, 0.5) is 5.69 Å². The maximum Gasteiger partial charge on any atom is 0.247 e. The Hall–Kier alpha value is -3.40. The van der Waals surface area contributed by atoms with Crippen LogP contribution in [0.3, 0.4) is 0 Å². The molecule has 1 saturated carbocycles. The summed E-state index contributed by atoms with van der Waals surface area (Å²) in [5.41, 5.74) is 2.50. The number of nitrogens with zero attached hydrogens (tertiary/aromatic N) is 3. The van der Waals surface area contributed by atoms with Gasteiger partial charge in [-0.3, -0.25) is 19.1 Å². The number of rotatable bonds is 9. The number of methoxy groups -OCH3 is 1. The Labute approximate surface area is 210 Å². The van der Waals surface area contributed by atoms with E-state index in [9.17, 15) is 14.4 Å². The summed E-state index contributed by atoms with van der Waals surface area (Å²) in [6, 6.07) is 7.23. The molecular formula is C26H33N5O5. The second-order valence-electron chi connectivity index (χ2n) is 9.84. The van der Waals surface area contributed by atoms with E-state index in [1.807, 2.05) is 35.9 Å². The van der Waals surface area contributed by atoms with E-state index < -0.39 is 6.04 Å². The highest BCUT2D eigenvalue weighted by atomic mass is 16.5. The van der Waals surface area contributed by atoms with Gasteiger partial charge in [-0.2, -0.15) is 5.10 Å². The average molecular weight is 496 g/mol. The maximum atomic E-state index is 13.2. The standard InChI is InChI=1S/C26H33N5O5/c1-16-21(14-28-31(16)19-9-10-36-15-19)29-26(34)23-12-18-11-22(18)30(23)25(33)8-7-24(32)27-13-17-3-5-20(35-2)6-4-17/h3-6,14,18-19,22-23H,7-13,15H2,1-2H3,(H,27,32)(H,29,34)/t18-,19-,22-,23+/m1/s1. The smallest absolute Gasteiger partial charge is 0.247 e. The van der Waals surface area contributed by atoms with Crippen LogP contribution in [0.15, 0.2) is 30.5 Å². The highest BCUT2D eigenvalue weighted by Gasteiger charge is 2.55. The lowest BCUT2D eigenvalue weighted by molar-refractivity contribution is -0.139. The molecule has 10 heteroatoms. The Morgan fingerprint density at radius 2 is 1.97 bits per heavy atom. The molecule has 3 aliphatic rings. The molecule has 0 unspecified atom stereocenters. The third-order valence-corrected chi connectivity index (χ3v) is 7.46. The summed E-state index contributed by atoms with van der Waals surface area (Å²) in [5.74, 6) is 0.601. The summed E-state index contributed by atoms with van der Waals surface area (Å²) >= 11 is 0. The van der Waals surface area contributed by atoms with E-state index in [1.165, 1.54) is 0 Å². The van der Waals surface area contributed by atoms with Gasteiger partial charge in [0.15, 0.2) is 0 Å². The fourth-order valence-electron chi connectivity index (χ4n) is 5.28. The van der Waals surface area contributed by atoms with Crippen LogP contribution in [0, 0.1) is 12.8 Å². The number of aromatic nitrogens is 2. The number of benzene rings is 1. The van der Waals surface area contributed by atoms with Crippen LogP contribution in [0.5, 0.6) is 5.75 Å². The van der Waals surface area contributed by atoms with Crippen LogP contribution < -0.4 is 15.4 Å². The van der Waals surface area contributed by atoms with Crippen LogP contribution in [-0.4, -0.2) is 64.8 Å². The minimum Gasteiger partial charge on any atom is -0.497 e. The van der Waals surface area contributed by atoms with E-state index in [2.05, 4.69) is 15.7 Å². The van der Waals surface area contributed by atoms with E-state index in [-0.39, 0.29) is 42.6 Å². The van der Waals surface area contributed by atoms with Crippen LogP contribution in [0.1, 0.15) is 49.4 Å². The summed E-state index contributed by atoms with van der Waals surface area (Å²) in [4.78, 5) is 40.3. The number of nitrogens with one attached hydrogen (secondary N) is 2. The topological polar surface area (TPSA) is 115 Å². The van der Waals surface area contributed by atoms with Gasteiger partial charge in [0.25, 0.3) is 0 Å². The zero-order valence-electron chi connectivity index (χ0n) is 20.7. The normalized spacial score (nSPS) is 24.3. The first-order valence-electron chi connectivity index (χ1n) is 12.6. The molecule has 36 heavy (non-hydrogen) atoms. The molecule has 10 nitrogen and oxygen atoms in total. The Kier molecular flexibility index (Phi) is 6.95. The van der Waals surface area contributed by atoms with Crippen LogP contribution in [-0.2, 0) is 25.7 Å². The van der Waals surface area contributed by atoms with Crippen LogP contribution in [0.2, 0.25) is 0 Å². The quantitative estimate of drug-likeness (QED) is 0.551. The van der Waals surface area contributed by atoms with Gasteiger partial charge in [-0.15, -0.1) is 0 Å². The summed E-state index contributed by atoms with van der Waals surface area (Å²) < 4.78 is 12.5. The molecule has 1 aromatic carbocycles. The number of hydrogen-bond donors (Lipinski definition) is 2. The van der Waals surface area contributed by atoms with E-state index in [1.54, 1.807) is 18.2 Å². The zero-order chi connectivity index (χ0) is 25.2. The monoisotopic (exact) mass is 495 g/mol. The van der Waals surface area contributed by atoms with Gasteiger partial charge >= 0.3 is 0 Å². The molecule has 2 N–H and O–H groups in total. The van der Waals surface area contributed by atoms with Crippen molar-refractivity contribution in [2.75, 3.05) is 25.6 Å². The molecule has 2 aromatic rings. The fourth-order valence-corrected chi connectivity index (χ4v) is 5.28. The van der Waals surface area contributed by atoms with Gasteiger partial charge in [0, 0.05) is 32.0 Å². The van der Waals surface area contributed by atoms with Gasteiger partial charge in [-0.25, -0.2) is 0 Å². The number of ether oxygens (including phenoxy) is 2. The number of carbonyl (C=O) groups is 3. The molecular weight excluding hydrogens is 462 g/mol. The molecule has 2 saturated heterocycles. The predicted molar refractivity (Wildman–Crippen MR) is 131 cm³/mol. The first-order chi connectivity index (χ1) is 17.4. The van der Waals surface area contributed by atoms with Crippen molar-refractivity contribution in [3.05, 3.63) is 41.7 Å². The number of likely N-dealkylation sites (tertiary alicyclic amines) is 1. The Bertz CT molecular complexity index is 1120. The number of fused-ring (bicyclic) bond motifs is 1.